The van der Waals surface area contributed by atoms with E-state index in [0.29, 0.717) is 45.6 Å². The number of hydrogen-bond donors (Lipinski definition) is 0. The standard InChI is InChI=1S/C25H24N4O4S/c1-5-11-33-24-10-8-19(34(31,32)6-2)13-22(24)23-16-28(4)25(30)20-9-7-18(12-21(20)23)29-15-17(26-3)14-27-29/h7-10,12-16H,5-6,11H2,1-2,4H3. The summed E-state index contributed by atoms with van der Waals surface area (Å²) in [7, 11) is -1.79. The normalized spacial score (nSPS) is 11.5. The van der Waals surface area contributed by atoms with Crippen molar-refractivity contribution in [2.45, 2.75) is 25.2 Å². The molecule has 0 saturated heterocycles. The molecule has 0 spiro atoms. The molecule has 0 unspecified atom stereocenters. The van der Waals surface area contributed by atoms with E-state index < -0.39 is 9.84 Å². The van der Waals surface area contributed by atoms with Crippen molar-refractivity contribution in [2.24, 2.45) is 7.05 Å². The number of hydrogen-bond acceptors (Lipinski definition) is 5. The third-order valence-electron chi connectivity index (χ3n) is 5.57. The number of sulfone groups is 1. The number of benzene rings is 2. The van der Waals surface area contributed by atoms with Crippen LogP contribution >= 0.6 is 0 Å². The van der Waals surface area contributed by atoms with Crippen molar-refractivity contribution in [1.29, 1.82) is 0 Å². The molecule has 0 N–H and O–H groups in total. The fourth-order valence-electron chi connectivity index (χ4n) is 3.74. The van der Waals surface area contributed by atoms with Crippen molar-refractivity contribution >= 4 is 26.3 Å². The van der Waals surface area contributed by atoms with Gasteiger partial charge >= 0.3 is 0 Å². The molecule has 0 amide bonds. The Balaban J connectivity index is 2.03. The number of pyridine rings is 1. The minimum absolute atomic E-state index is 0.0253. The second kappa shape index (κ2) is 9.15. The molecule has 34 heavy (non-hydrogen) atoms. The van der Waals surface area contributed by atoms with Gasteiger partial charge in [-0.1, -0.05) is 13.8 Å². The summed E-state index contributed by atoms with van der Waals surface area (Å²) in [5.41, 5.74) is 2.14. The van der Waals surface area contributed by atoms with Gasteiger partial charge in [0.1, 0.15) is 5.75 Å². The minimum atomic E-state index is -3.46. The maximum Gasteiger partial charge on any atom is 0.258 e. The van der Waals surface area contributed by atoms with Gasteiger partial charge < -0.3 is 9.30 Å². The average molecular weight is 477 g/mol. The molecule has 2 aromatic carbocycles. The van der Waals surface area contributed by atoms with Crippen LogP contribution in [0, 0.1) is 6.57 Å². The second-order valence-electron chi connectivity index (χ2n) is 7.85. The lowest BCUT2D eigenvalue weighted by molar-refractivity contribution is 0.318. The SMILES string of the molecule is [C-]#[N+]c1cnn(-c2ccc3c(=O)n(C)cc(-c4cc(S(=O)(=O)CC)ccc4OCCC)c3c2)c1. The predicted octanol–water partition coefficient (Wildman–Crippen LogP) is 4.52. The smallest absolute Gasteiger partial charge is 0.258 e. The zero-order valence-corrected chi connectivity index (χ0v) is 20.0. The lowest BCUT2D eigenvalue weighted by atomic mass is 9.99. The first-order chi connectivity index (χ1) is 16.3. The summed E-state index contributed by atoms with van der Waals surface area (Å²) in [6.07, 6.45) is 5.56. The van der Waals surface area contributed by atoms with Crippen LogP contribution in [0.5, 0.6) is 5.75 Å². The molecule has 0 aliphatic carbocycles. The van der Waals surface area contributed by atoms with E-state index in [0.717, 1.165) is 6.42 Å². The van der Waals surface area contributed by atoms with Crippen LogP contribution in [0.15, 0.2) is 64.7 Å². The van der Waals surface area contributed by atoms with Crippen molar-refractivity contribution in [3.63, 3.8) is 0 Å². The number of fused-ring (bicyclic) bond motifs is 1. The number of aryl methyl sites for hydroxylation is 1. The first kappa shape index (κ1) is 23.3. The molecule has 9 heteroatoms. The summed E-state index contributed by atoms with van der Waals surface area (Å²) in [5.74, 6) is 0.513. The van der Waals surface area contributed by atoms with Crippen molar-refractivity contribution < 1.29 is 13.2 Å². The van der Waals surface area contributed by atoms with E-state index in [1.165, 1.54) is 10.8 Å². The summed E-state index contributed by atoms with van der Waals surface area (Å²) in [6.45, 7) is 11.2. The highest BCUT2D eigenvalue weighted by Gasteiger charge is 2.19. The molecule has 2 heterocycles. The maximum absolute atomic E-state index is 12.9. The van der Waals surface area contributed by atoms with Gasteiger partial charge in [-0.05, 0) is 48.2 Å². The van der Waals surface area contributed by atoms with E-state index in [4.69, 9.17) is 11.3 Å². The number of ether oxygens (including phenoxy) is 1. The van der Waals surface area contributed by atoms with Crippen LogP contribution in [0.2, 0.25) is 0 Å². The average Bonchev–Trinajstić information content (AvgIpc) is 3.34. The molecule has 8 nitrogen and oxygen atoms in total. The fraction of sp³-hybridized carbons (Fsp3) is 0.240. The quantitative estimate of drug-likeness (QED) is 0.366. The predicted molar refractivity (Wildman–Crippen MR) is 132 cm³/mol. The van der Waals surface area contributed by atoms with Crippen molar-refractivity contribution in [1.82, 2.24) is 14.3 Å². The molecule has 0 fully saturated rings. The molecule has 0 saturated carbocycles. The van der Waals surface area contributed by atoms with Crippen LogP contribution in [0.4, 0.5) is 5.69 Å². The van der Waals surface area contributed by atoms with Gasteiger partial charge in [-0.3, -0.25) is 9.48 Å². The Morgan fingerprint density at radius 2 is 1.85 bits per heavy atom. The Labute approximate surface area is 197 Å². The summed E-state index contributed by atoms with van der Waals surface area (Å²) >= 11 is 0. The van der Waals surface area contributed by atoms with Crippen molar-refractivity contribution in [3.05, 3.63) is 76.8 Å². The first-order valence-electron chi connectivity index (χ1n) is 10.8. The summed E-state index contributed by atoms with van der Waals surface area (Å²) < 4.78 is 34.3. The molecule has 0 bridgehead atoms. The van der Waals surface area contributed by atoms with E-state index in [2.05, 4.69) is 9.94 Å². The number of aromatic nitrogens is 3. The summed E-state index contributed by atoms with van der Waals surface area (Å²) in [5, 5.41) is 5.35. The van der Waals surface area contributed by atoms with Gasteiger partial charge in [0.05, 0.1) is 35.7 Å². The summed E-state index contributed by atoms with van der Waals surface area (Å²) in [6, 6.07) is 10.1. The van der Waals surface area contributed by atoms with Gasteiger partial charge in [-0.15, -0.1) is 0 Å². The highest BCUT2D eigenvalue weighted by molar-refractivity contribution is 7.91. The van der Waals surface area contributed by atoms with E-state index in [1.54, 1.807) is 61.4 Å². The Morgan fingerprint density at radius 1 is 1.06 bits per heavy atom. The van der Waals surface area contributed by atoms with Crippen LogP contribution in [0.1, 0.15) is 20.3 Å². The molecule has 0 aliphatic rings. The van der Waals surface area contributed by atoms with Crippen LogP contribution in [0.3, 0.4) is 0 Å². The van der Waals surface area contributed by atoms with E-state index >= 15 is 0 Å². The highest BCUT2D eigenvalue weighted by Crippen LogP contribution is 2.37. The van der Waals surface area contributed by atoms with Crippen LogP contribution in [-0.4, -0.2) is 35.1 Å². The lowest BCUT2D eigenvalue weighted by Gasteiger charge is -2.16. The Hall–Kier alpha value is -3.90. The molecular weight excluding hydrogens is 452 g/mol. The third-order valence-corrected chi connectivity index (χ3v) is 7.30. The monoisotopic (exact) mass is 476 g/mol. The van der Waals surface area contributed by atoms with Crippen LogP contribution < -0.4 is 10.3 Å². The van der Waals surface area contributed by atoms with Gasteiger partial charge in [-0.25, -0.2) is 13.3 Å². The van der Waals surface area contributed by atoms with Crippen molar-refractivity contribution in [2.75, 3.05) is 12.4 Å². The molecule has 0 atom stereocenters. The molecular formula is C25H24N4O4S. The van der Waals surface area contributed by atoms with Gasteiger partial charge in [-0.2, -0.15) is 5.10 Å². The molecule has 2 aromatic heterocycles. The van der Waals surface area contributed by atoms with Gasteiger partial charge in [0.25, 0.3) is 5.56 Å². The third kappa shape index (κ3) is 4.20. The second-order valence-corrected chi connectivity index (χ2v) is 10.1. The van der Waals surface area contributed by atoms with Gasteiger partial charge in [0.2, 0.25) is 5.69 Å². The molecule has 4 rings (SSSR count). The zero-order valence-electron chi connectivity index (χ0n) is 19.1. The lowest BCUT2D eigenvalue weighted by Crippen LogP contribution is -2.17. The Morgan fingerprint density at radius 3 is 2.53 bits per heavy atom. The van der Waals surface area contributed by atoms with Crippen LogP contribution in [-0.2, 0) is 16.9 Å². The number of nitrogens with zero attached hydrogens (tertiary/aromatic N) is 4. The fourth-order valence-corrected chi connectivity index (χ4v) is 4.65. The Kier molecular flexibility index (Phi) is 6.26. The van der Waals surface area contributed by atoms with Crippen LogP contribution in [0.25, 0.3) is 32.4 Å². The molecule has 4 aromatic rings. The van der Waals surface area contributed by atoms with Crippen molar-refractivity contribution in [3.8, 4) is 22.6 Å². The minimum Gasteiger partial charge on any atom is -0.493 e. The van der Waals surface area contributed by atoms with Gasteiger partial charge in [0, 0.05) is 36.0 Å². The van der Waals surface area contributed by atoms with Gasteiger partial charge in [0.15, 0.2) is 9.84 Å². The maximum atomic E-state index is 12.9. The number of rotatable bonds is 7. The van der Waals surface area contributed by atoms with E-state index in [-0.39, 0.29) is 16.2 Å². The zero-order chi connectivity index (χ0) is 24.5. The summed E-state index contributed by atoms with van der Waals surface area (Å²) in [4.78, 5) is 16.5. The first-order valence-corrected chi connectivity index (χ1v) is 12.5. The Bertz CT molecular complexity index is 1590. The largest absolute Gasteiger partial charge is 0.493 e. The van der Waals surface area contributed by atoms with E-state index in [9.17, 15) is 13.2 Å². The topological polar surface area (TPSA) is 87.5 Å². The molecule has 174 valence electrons. The molecule has 0 aliphatic heterocycles. The molecule has 0 radical (unpaired) electrons. The van der Waals surface area contributed by atoms with E-state index in [1.807, 2.05) is 13.0 Å². The highest BCUT2D eigenvalue weighted by atomic mass is 32.2.